The summed E-state index contributed by atoms with van der Waals surface area (Å²) < 4.78 is 13.3. The zero-order chi connectivity index (χ0) is 23.0. The highest BCUT2D eigenvalue weighted by atomic mass is 19.1. The molecule has 2 unspecified atom stereocenters. The highest BCUT2D eigenvalue weighted by molar-refractivity contribution is 6.43. The van der Waals surface area contributed by atoms with Crippen LogP contribution in [0.3, 0.4) is 0 Å². The van der Waals surface area contributed by atoms with E-state index >= 15 is 0 Å². The number of nitrogens with zero attached hydrogens (tertiary/aromatic N) is 2. The van der Waals surface area contributed by atoms with Crippen molar-refractivity contribution in [2.45, 2.75) is 50.5 Å². The SMILES string of the molecule is CC(N)(CCCCCC(=O)O)C(B(O)O)N1CCN(C(=O)Nc2cccc(F)c2)CC1. The van der Waals surface area contributed by atoms with Crippen LogP contribution in [0.1, 0.15) is 39.0 Å². The normalized spacial score (nSPS) is 17.6. The van der Waals surface area contributed by atoms with Crippen molar-refractivity contribution in [3.05, 3.63) is 30.1 Å². The van der Waals surface area contributed by atoms with Crippen molar-refractivity contribution < 1.29 is 29.1 Å². The lowest BCUT2D eigenvalue weighted by atomic mass is 9.65. The number of nitrogens with two attached hydrogens (primary N) is 1. The summed E-state index contributed by atoms with van der Waals surface area (Å²) in [5.41, 5.74) is 5.91. The Morgan fingerprint density at radius 2 is 1.90 bits per heavy atom. The molecule has 1 aromatic rings. The Morgan fingerprint density at radius 1 is 1.23 bits per heavy atom. The quantitative estimate of drug-likeness (QED) is 0.272. The minimum absolute atomic E-state index is 0.104. The van der Waals surface area contributed by atoms with Crippen molar-refractivity contribution in [2.24, 2.45) is 5.73 Å². The molecule has 2 amide bonds. The molecule has 0 aromatic heterocycles. The van der Waals surface area contributed by atoms with E-state index in [1.807, 2.05) is 4.90 Å². The Kier molecular flexibility index (Phi) is 9.23. The first kappa shape index (κ1) is 25.1. The third-order valence-electron chi connectivity index (χ3n) is 5.63. The molecule has 1 fully saturated rings. The fourth-order valence-corrected chi connectivity index (χ4v) is 4.02. The van der Waals surface area contributed by atoms with Gasteiger partial charge in [0.15, 0.2) is 0 Å². The van der Waals surface area contributed by atoms with Crippen molar-refractivity contribution in [1.82, 2.24) is 9.80 Å². The number of aliphatic carboxylic acids is 1. The van der Waals surface area contributed by atoms with Gasteiger partial charge in [-0.15, -0.1) is 0 Å². The number of unbranched alkanes of at least 4 members (excludes halogenated alkanes) is 2. The summed E-state index contributed by atoms with van der Waals surface area (Å²) in [5, 5.41) is 31.4. The molecule has 1 heterocycles. The monoisotopic (exact) mass is 438 g/mol. The van der Waals surface area contributed by atoms with Gasteiger partial charge in [-0.2, -0.15) is 0 Å². The molecule has 172 valence electrons. The van der Waals surface area contributed by atoms with Crippen LogP contribution in [-0.4, -0.2) is 81.7 Å². The number of hydrogen-bond donors (Lipinski definition) is 5. The summed E-state index contributed by atoms with van der Waals surface area (Å²) in [7, 11) is -1.65. The molecule has 11 heteroatoms. The Labute approximate surface area is 182 Å². The number of halogens is 1. The van der Waals surface area contributed by atoms with Gasteiger partial charge in [0, 0.05) is 43.8 Å². The summed E-state index contributed by atoms with van der Waals surface area (Å²) in [4.78, 5) is 26.5. The van der Waals surface area contributed by atoms with Crippen molar-refractivity contribution in [2.75, 3.05) is 31.5 Å². The second-order valence-corrected chi connectivity index (χ2v) is 8.28. The lowest BCUT2D eigenvalue weighted by molar-refractivity contribution is -0.137. The van der Waals surface area contributed by atoms with Crippen LogP contribution in [0.15, 0.2) is 24.3 Å². The molecule has 0 spiro atoms. The third kappa shape index (κ3) is 7.77. The van der Waals surface area contributed by atoms with Gasteiger partial charge in [0.1, 0.15) is 5.82 Å². The summed E-state index contributed by atoms with van der Waals surface area (Å²) in [6.07, 6.45) is 2.54. The van der Waals surface area contributed by atoms with E-state index in [4.69, 9.17) is 10.8 Å². The van der Waals surface area contributed by atoms with Crippen LogP contribution in [0.5, 0.6) is 0 Å². The van der Waals surface area contributed by atoms with Crippen LogP contribution in [-0.2, 0) is 4.79 Å². The smallest absolute Gasteiger partial charge is 0.471 e. The van der Waals surface area contributed by atoms with E-state index in [9.17, 15) is 24.0 Å². The van der Waals surface area contributed by atoms with Gasteiger partial charge in [0.05, 0.1) is 5.94 Å². The average Bonchev–Trinajstić information content (AvgIpc) is 2.67. The number of benzene rings is 1. The Bertz CT molecular complexity index is 744. The number of carboxylic acid groups (broad SMARTS) is 1. The molecule has 1 aliphatic heterocycles. The number of urea groups is 1. The summed E-state index contributed by atoms with van der Waals surface area (Å²) in [6.45, 7) is 3.30. The molecule has 1 saturated heterocycles. The van der Waals surface area contributed by atoms with Gasteiger partial charge in [-0.3, -0.25) is 9.69 Å². The number of piperazine rings is 1. The molecule has 2 rings (SSSR count). The van der Waals surface area contributed by atoms with E-state index in [0.29, 0.717) is 57.5 Å². The highest BCUT2D eigenvalue weighted by Gasteiger charge is 2.43. The van der Waals surface area contributed by atoms with E-state index in [0.717, 1.165) is 0 Å². The van der Waals surface area contributed by atoms with Gasteiger partial charge < -0.3 is 31.1 Å². The van der Waals surface area contributed by atoms with Crippen LogP contribution >= 0.6 is 0 Å². The van der Waals surface area contributed by atoms with Crippen LogP contribution in [0.4, 0.5) is 14.9 Å². The topological polar surface area (TPSA) is 139 Å². The molecule has 0 saturated carbocycles. The first-order valence-electron chi connectivity index (χ1n) is 10.5. The summed E-state index contributed by atoms with van der Waals surface area (Å²) in [6, 6.07) is 5.30. The lowest BCUT2D eigenvalue weighted by Gasteiger charge is -2.45. The van der Waals surface area contributed by atoms with Crippen LogP contribution in [0.25, 0.3) is 0 Å². The van der Waals surface area contributed by atoms with Crippen molar-refractivity contribution >= 4 is 24.8 Å². The van der Waals surface area contributed by atoms with E-state index in [-0.39, 0.29) is 12.5 Å². The number of carbonyl (C=O) groups excluding carboxylic acids is 1. The third-order valence-corrected chi connectivity index (χ3v) is 5.63. The molecule has 6 N–H and O–H groups in total. The van der Waals surface area contributed by atoms with Gasteiger partial charge in [0.25, 0.3) is 0 Å². The lowest BCUT2D eigenvalue weighted by Crippen LogP contribution is -2.67. The van der Waals surface area contributed by atoms with Crippen LogP contribution in [0.2, 0.25) is 0 Å². The van der Waals surface area contributed by atoms with Gasteiger partial charge in [0.2, 0.25) is 0 Å². The highest BCUT2D eigenvalue weighted by Crippen LogP contribution is 2.23. The predicted molar refractivity (Wildman–Crippen MR) is 116 cm³/mol. The Hall–Kier alpha value is -2.21. The Morgan fingerprint density at radius 3 is 2.48 bits per heavy atom. The maximum absolute atomic E-state index is 13.3. The van der Waals surface area contributed by atoms with E-state index in [2.05, 4.69) is 5.32 Å². The summed E-state index contributed by atoms with van der Waals surface area (Å²) in [5.74, 6) is -1.99. The van der Waals surface area contributed by atoms with Crippen molar-refractivity contribution in [3.63, 3.8) is 0 Å². The number of carbonyl (C=O) groups is 2. The minimum atomic E-state index is -1.65. The first-order valence-corrected chi connectivity index (χ1v) is 10.5. The maximum atomic E-state index is 13.3. The molecule has 1 aliphatic rings. The molecule has 9 nitrogen and oxygen atoms in total. The minimum Gasteiger partial charge on any atom is -0.481 e. The van der Waals surface area contributed by atoms with Gasteiger partial charge >= 0.3 is 19.1 Å². The van der Waals surface area contributed by atoms with Gasteiger partial charge in [-0.05, 0) is 38.0 Å². The number of anilines is 1. The van der Waals surface area contributed by atoms with Crippen LogP contribution in [0, 0.1) is 5.82 Å². The largest absolute Gasteiger partial charge is 0.481 e. The predicted octanol–water partition coefficient (Wildman–Crippen LogP) is 1.11. The summed E-state index contributed by atoms with van der Waals surface area (Å²) >= 11 is 0. The molecular weight excluding hydrogens is 406 g/mol. The number of carboxylic acids is 1. The van der Waals surface area contributed by atoms with Gasteiger partial charge in [-0.25, -0.2) is 9.18 Å². The fraction of sp³-hybridized carbons (Fsp3) is 0.600. The van der Waals surface area contributed by atoms with Crippen molar-refractivity contribution in [1.29, 1.82) is 0 Å². The second kappa shape index (κ2) is 11.4. The molecule has 31 heavy (non-hydrogen) atoms. The number of rotatable bonds is 10. The maximum Gasteiger partial charge on any atom is 0.471 e. The first-order chi connectivity index (χ1) is 14.6. The second-order valence-electron chi connectivity index (χ2n) is 8.28. The standard InChI is InChI=1S/C20H32BFN4O5/c1-20(23,9-4-2-3-8-17(27)28)18(21(30)31)25-10-12-26(13-11-25)19(29)24-16-7-5-6-15(22)14-16/h5-7,14,18,30-31H,2-4,8-13,23H2,1H3,(H,24,29)(H,27,28). The molecule has 0 radical (unpaired) electrons. The average molecular weight is 438 g/mol. The zero-order valence-corrected chi connectivity index (χ0v) is 17.8. The van der Waals surface area contributed by atoms with E-state index in [1.165, 1.54) is 18.2 Å². The fourth-order valence-electron chi connectivity index (χ4n) is 4.02. The number of nitrogens with one attached hydrogen (secondary N) is 1. The molecular formula is C20H32BFN4O5. The van der Waals surface area contributed by atoms with Crippen molar-refractivity contribution in [3.8, 4) is 0 Å². The number of amides is 2. The van der Waals surface area contributed by atoms with Crippen LogP contribution < -0.4 is 11.1 Å². The Balaban J connectivity index is 1.88. The molecule has 1 aromatic carbocycles. The van der Waals surface area contributed by atoms with E-state index < -0.39 is 30.4 Å². The molecule has 0 bridgehead atoms. The van der Waals surface area contributed by atoms with E-state index in [1.54, 1.807) is 17.9 Å². The van der Waals surface area contributed by atoms with Gasteiger partial charge in [-0.1, -0.05) is 18.9 Å². The molecule has 2 atom stereocenters. The number of hydrogen-bond acceptors (Lipinski definition) is 6. The zero-order valence-electron chi connectivity index (χ0n) is 17.8. The molecule has 0 aliphatic carbocycles.